The molecule has 224 valence electrons. The molecule has 0 unspecified atom stereocenters. The van der Waals surface area contributed by atoms with Crippen molar-refractivity contribution in [2.75, 3.05) is 11.5 Å². The van der Waals surface area contributed by atoms with E-state index in [2.05, 4.69) is 46.6 Å². The topological polar surface area (TPSA) is 46.8 Å². The number of unbranched alkanes of at least 4 members (excludes halogenated alkanes) is 11. The summed E-state index contributed by atoms with van der Waals surface area (Å²) in [5.41, 5.74) is 4.23. The van der Waals surface area contributed by atoms with Gasteiger partial charge in [-0.15, -0.1) is 0 Å². The van der Waals surface area contributed by atoms with Crippen LogP contribution < -0.4 is 9.64 Å². The first-order valence-corrected chi connectivity index (χ1v) is 16.1. The van der Waals surface area contributed by atoms with Crippen molar-refractivity contribution in [3.8, 4) is 5.75 Å². The van der Waals surface area contributed by atoms with Crippen LogP contribution in [0.1, 0.15) is 108 Å². The van der Waals surface area contributed by atoms with Crippen LogP contribution in [0.3, 0.4) is 0 Å². The van der Waals surface area contributed by atoms with Gasteiger partial charge in [0.2, 0.25) is 5.91 Å². The maximum absolute atomic E-state index is 12.5. The molecule has 0 atom stereocenters. The zero-order chi connectivity index (χ0) is 29.4. The molecule has 0 aliphatic carbocycles. The minimum Gasteiger partial charge on any atom is -0.494 e. The van der Waals surface area contributed by atoms with Crippen LogP contribution in [-0.2, 0) is 17.8 Å². The summed E-state index contributed by atoms with van der Waals surface area (Å²) >= 11 is 0. The summed E-state index contributed by atoms with van der Waals surface area (Å²) < 4.78 is 8.10. The largest absolute Gasteiger partial charge is 0.494 e. The van der Waals surface area contributed by atoms with Gasteiger partial charge in [0, 0.05) is 25.2 Å². The van der Waals surface area contributed by atoms with Crippen molar-refractivity contribution in [3.63, 3.8) is 0 Å². The number of hydrogen-bond acceptors (Lipinski definition) is 3. The van der Waals surface area contributed by atoms with Crippen molar-refractivity contribution in [3.05, 3.63) is 96.1 Å². The lowest BCUT2D eigenvalue weighted by molar-refractivity contribution is -0.116. The third-order valence-corrected chi connectivity index (χ3v) is 8.04. The summed E-state index contributed by atoms with van der Waals surface area (Å²) in [5, 5.41) is 0. The Morgan fingerprint density at radius 1 is 0.762 bits per heavy atom. The number of aromatic nitrogens is 2. The Balaban J connectivity index is 1.15. The maximum atomic E-state index is 12.5. The van der Waals surface area contributed by atoms with E-state index in [4.69, 9.17) is 4.74 Å². The molecule has 0 fully saturated rings. The molecule has 5 nitrogen and oxygen atoms in total. The Morgan fingerprint density at radius 3 is 2.02 bits per heavy atom. The molecule has 42 heavy (non-hydrogen) atoms. The predicted octanol–water partition coefficient (Wildman–Crippen LogP) is 9.56. The van der Waals surface area contributed by atoms with Gasteiger partial charge in [0.15, 0.2) is 0 Å². The minimum atomic E-state index is 0.0225. The number of anilines is 1. The molecule has 0 spiro atoms. The smallest absolute Gasteiger partial charge is 0.224 e. The monoisotopic (exact) mass is 567 g/mol. The lowest BCUT2D eigenvalue weighted by Crippen LogP contribution is -2.27. The number of amides is 1. The maximum Gasteiger partial charge on any atom is 0.224 e. The summed E-state index contributed by atoms with van der Waals surface area (Å²) in [5.74, 6) is 1.92. The second kappa shape index (κ2) is 17.4. The van der Waals surface area contributed by atoms with Crippen molar-refractivity contribution in [2.24, 2.45) is 0 Å². The second-order valence-electron chi connectivity index (χ2n) is 11.5. The third kappa shape index (κ3) is 10.0. The van der Waals surface area contributed by atoms with Gasteiger partial charge in [-0.05, 0) is 53.9 Å². The van der Waals surface area contributed by atoms with E-state index in [1.54, 1.807) is 6.92 Å². The van der Waals surface area contributed by atoms with Gasteiger partial charge in [-0.3, -0.25) is 4.79 Å². The highest BCUT2D eigenvalue weighted by Crippen LogP contribution is 2.22. The van der Waals surface area contributed by atoms with Crippen LogP contribution in [0.15, 0.2) is 79.1 Å². The average molecular weight is 568 g/mol. The van der Waals surface area contributed by atoms with E-state index in [0.717, 1.165) is 53.4 Å². The fraction of sp³-hybridized carbons (Fsp3) is 0.459. The van der Waals surface area contributed by atoms with Gasteiger partial charge in [0.1, 0.15) is 11.6 Å². The van der Waals surface area contributed by atoms with Gasteiger partial charge in [-0.1, -0.05) is 108 Å². The van der Waals surface area contributed by atoms with Crippen molar-refractivity contribution in [1.82, 2.24) is 9.38 Å². The molecule has 0 radical (unpaired) electrons. The molecular formula is C37H49N3O2. The number of ether oxygens (including phenoxy) is 1. The Labute approximate surface area is 252 Å². The molecule has 2 heterocycles. The molecule has 0 saturated carbocycles. The molecule has 0 bridgehead atoms. The normalized spacial score (nSPS) is 11.2. The van der Waals surface area contributed by atoms with Gasteiger partial charge in [0.25, 0.3) is 0 Å². The molecule has 0 aliphatic rings. The molecule has 0 saturated heterocycles. The average Bonchev–Trinajstić information content (AvgIpc) is 3.42. The van der Waals surface area contributed by atoms with Crippen LogP contribution in [0.2, 0.25) is 0 Å². The van der Waals surface area contributed by atoms with Crippen molar-refractivity contribution < 1.29 is 9.53 Å². The van der Waals surface area contributed by atoms with Crippen molar-refractivity contribution in [1.29, 1.82) is 0 Å². The summed E-state index contributed by atoms with van der Waals surface area (Å²) in [6, 6.07) is 22.5. The first kappa shape index (κ1) is 31.3. The van der Waals surface area contributed by atoms with Gasteiger partial charge >= 0.3 is 0 Å². The summed E-state index contributed by atoms with van der Waals surface area (Å²) in [6.45, 7) is 5.19. The zero-order valence-electron chi connectivity index (χ0n) is 25.8. The van der Waals surface area contributed by atoms with Crippen LogP contribution in [0.4, 0.5) is 5.69 Å². The number of hydrogen-bond donors (Lipinski definition) is 0. The molecule has 0 aliphatic heterocycles. The fourth-order valence-corrected chi connectivity index (χ4v) is 5.50. The van der Waals surface area contributed by atoms with Crippen molar-refractivity contribution in [2.45, 2.75) is 104 Å². The number of carbonyl (C=O) groups is 1. The van der Waals surface area contributed by atoms with E-state index in [0.29, 0.717) is 6.54 Å². The molecule has 0 N–H and O–H groups in total. The van der Waals surface area contributed by atoms with Crippen LogP contribution in [-0.4, -0.2) is 21.9 Å². The number of carbonyl (C=O) groups excluding carboxylic acids is 1. The number of pyridine rings is 1. The third-order valence-electron chi connectivity index (χ3n) is 8.04. The predicted molar refractivity (Wildman–Crippen MR) is 174 cm³/mol. The molecule has 5 heteroatoms. The Kier molecular flexibility index (Phi) is 13.0. The highest BCUT2D eigenvalue weighted by Gasteiger charge is 2.13. The van der Waals surface area contributed by atoms with E-state index in [9.17, 15) is 4.79 Å². The number of benzene rings is 2. The number of rotatable bonds is 19. The van der Waals surface area contributed by atoms with Crippen LogP contribution in [0.25, 0.3) is 5.52 Å². The molecule has 2 aromatic heterocycles. The molecule has 4 rings (SSSR count). The summed E-state index contributed by atoms with van der Waals surface area (Å²) in [4.78, 5) is 18.9. The second-order valence-corrected chi connectivity index (χ2v) is 11.5. The highest BCUT2D eigenvalue weighted by atomic mass is 16.5. The minimum absolute atomic E-state index is 0.0225. The highest BCUT2D eigenvalue weighted by molar-refractivity contribution is 5.91. The molecule has 4 aromatic rings. The fourth-order valence-electron chi connectivity index (χ4n) is 5.50. The van der Waals surface area contributed by atoms with Crippen LogP contribution in [0, 0.1) is 0 Å². The van der Waals surface area contributed by atoms with Gasteiger partial charge < -0.3 is 14.0 Å². The first-order valence-electron chi connectivity index (χ1n) is 16.1. The Hall–Kier alpha value is -3.60. The van der Waals surface area contributed by atoms with Crippen LogP contribution in [0.5, 0.6) is 5.75 Å². The number of fused-ring (bicyclic) bond motifs is 1. The lowest BCUT2D eigenvalue weighted by Gasteiger charge is -2.22. The van der Waals surface area contributed by atoms with Gasteiger partial charge in [0.05, 0.1) is 24.9 Å². The Morgan fingerprint density at radius 2 is 1.38 bits per heavy atom. The summed E-state index contributed by atoms with van der Waals surface area (Å²) in [6.07, 6.45) is 20.8. The molecule has 1 amide bonds. The number of nitrogens with zero attached hydrogens (tertiary/aromatic N) is 3. The van der Waals surface area contributed by atoms with E-state index < -0.39 is 0 Å². The molecular weight excluding hydrogens is 518 g/mol. The quantitative estimate of drug-likeness (QED) is 0.106. The van der Waals surface area contributed by atoms with Crippen LogP contribution >= 0.6 is 0 Å². The van der Waals surface area contributed by atoms with E-state index in [1.807, 2.05) is 53.7 Å². The zero-order valence-corrected chi connectivity index (χ0v) is 25.8. The Bertz CT molecular complexity index is 1330. The SMILES string of the molecule is CCCCCCCCCCCCCCOc1ccc(CN(C(C)=O)c2ccc(Cc3ncc4ccccn34)cc2)cc1. The van der Waals surface area contributed by atoms with E-state index in [-0.39, 0.29) is 5.91 Å². The van der Waals surface area contributed by atoms with Crippen molar-refractivity contribution >= 4 is 17.1 Å². The van der Waals surface area contributed by atoms with Gasteiger partial charge in [-0.2, -0.15) is 0 Å². The lowest BCUT2D eigenvalue weighted by atomic mass is 10.1. The first-order chi connectivity index (χ1) is 20.6. The summed E-state index contributed by atoms with van der Waals surface area (Å²) in [7, 11) is 0. The van der Waals surface area contributed by atoms with Gasteiger partial charge in [-0.25, -0.2) is 4.98 Å². The number of imidazole rings is 1. The van der Waals surface area contributed by atoms with E-state index >= 15 is 0 Å². The van der Waals surface area contributed by atoms with E-state index in [1.165, 1.54) is 70.6 Å². The molecule has 2 aromatic carbocycles. The standard InChI is InChI=1S/C37H49N3O2/c1-3-4-5-6-7-8-9-10-11-12-13-16-27-42-36-24-20-33(21-25-36)30-40(31(2)41)34-22-18-32(19-23-34)28-37-38-29-35-17-14-15-26-39(35)37/h14-15,17-26,29H,3-13,16,27-28,30H2,1-2H3.